The van der Waals surface area contributed by atoms with E-state index >= 15 is 0 Å². The molecule has 0 aliphatic heterocycles. The van der Waals surface area contributed by atoms with Gasteiger partial charge in [-0.25, -0.2) is 0 Å². The molecule has 1 amide bonds. The maximum atomic E-state index is 11.6. The number of carbonyl (C=O) groups is 1. The second-order valence-electron chi connectivity index (χ2n) is 4.55. The topological polar surface area (TPSA) is 112 Å². The molecule has 22 heavy (non-hydrogen) atoms. The lowest BCUT2D eigenvalue weighted by Crippen LogP contribution is -2.17. The number of allylic oxidation sites excluding steroid dienone is 2. The fourth-order valence-electron chi connectivity index (χ4n) is 1.40. The molecule has 0 saturated heterocycles. The number of rotatable bonds is 4. The molecule has 0 fully saturated rings. The molecular formula is C15H12ClN5O. The summed E-state index contributed by atoms with van der Waals surface area (Å²) in [6.07, 6.45) is 0. The molecule has 0 aliphatic carbocycles. The number of halogens is 1. The van der Waals surface area contributed by atoms with Crippen LogP contribution in [0.1, 0.15) is 13.8 Å². The number of amides is 1. The lowest BCUT2D eigenvalue weighted by Gasteiger charge is -2.11. The van der Waals surface area contributed by atoms with E-state index in [1.165, 1.54) is 6.07 Å². The van der Waals surface area contributed by atoms with Crippen LogP contribution in [-0.4, -0.2) is 5.91 Å². The van der Waals surface area contributed by atoms with Gasteiger partial charge in [0.15, 0.2) is 5.57 Å². The number of benzene rings is 1. The Labute approximate surface area is 133 Å². The van der Waals surface area contributed by atoms with Crippen molar-refractivity contribution in [3.05, 3.63) is 34.5 Å². The molecule has 0 unspecified atom stereocenters. The fraction of sp³-hybridized carbons (Fsp3) is 0.200. The zero-order chi connectivity index (χ0) is 16.7. The van der Waals surface area contributed by atoms with Gasteiger partial charge in [0, 0.05) is 11.6 Å². The van der Waals surface area contributed by atoms with Crippen molar-refractivity contribution < 1.29 is 4.79 Å². The minimum atomic E-state index is -0.323. The molecule has 7 heteroatoms. The second-order valence-corrected chi connectivity index (χ2v) is 4.96. The number of carbonyl (C=O) groups excluding carboxylic acids is 1. The van der Waals surface area contributed by atoms with Crippen molar-refractivity contribution >= 4 is 28.9 Å². The highest BCUT2D eigenvalue weighted by Crippen LogP contribution is 2.26. The Morgan fingerprint density at radius 1 is 1.14 bits per heavy atom. The van der Waals surface area contributed by atoms with Gasteiger partial charge < -0.3 is 10.6 Å². The summed E-state index contributed by atoms with van der Waals surface area (Å²) >= 11 is 6.07. The van der Waals surface area contributed by atoms with Crippen molar-refractivity contribution in [3.8, 4) is 18.2 Å². The first-order valence-electron chi connectivity index (χ1n) is 6.25. The van der Waals surface area contributed by atoms with E-state index in [4.69, 9.17) is 27.4 Å². The zero-order valence-corrected chi connectivity index (χ0v) is 12.7. The van der Waals surface area contributed by atoms with E-state index < -0.39 is 0 Å². The van der Waals surface area contributed by atoms with Crippen LogP contribution < -0.4 is 10.6 Å². The highest BCUT2D eigenvalue weighted by molar-refractivity contribution is 6.34. The Kier molecular flexibility index (Phi) is 5.96. The number of nitriles is 3. The number of nitrogens with zero attached hydrogens (tertiary/aromatic N) is 3. The number of anilines is 2. The fourth-order valence-corrected chi connectivity index (χ4v) is 1.63. The Balaban J connectivity index is 3.03. The van der Waals surface area contributed by atoms with Crippen molar-refractivity contribution in [2.75, 3.05) is 10.6 Å². The largest absolute Gasteiger partial charge is 0.345 e. The molecule has 0 spiro atoms. The van der Waals surface area contributed by atoms with E-state index in [1.54, 1.807) is 44.2 Å². The summed E-state index contributed by atoms with van der Waals surface area (Å²) in [7, 11) is 0. The van der Waals surface area contributed by atoms with Gasteiger partial charge in [-0.05, 0) is 18.2 Å². The first-order valence-corrected chi connectivity index (χ1v) is 6.62. The van der Waals surface area contributed by atoms with Gasteiger partial charge in [0.2, 0.25) is 5.91 Å². The molecule has 110 valence electrons. The Morgan fingerprint density at radius 3 is 2.23 bits per heavy atom. The third-order valence-electron chi connectivity index (χ3n) is 2.61. The maximum absolute atomic E-state index is 11.6. The molecule has 0 bridgehead atoms. The summed E-state index contributed by atoms with van der Waals surface area (Å²) in [5.41, 5.74) is 0.372. The minimum Gasteiger partial charge on any atom is -0.345 e. The normalized spacial score (nSPS) is 9.14. The van der Waals surface area contributed by atoms with Gasteiger partial charge >= 0.3 is 0 Å². The van der Waals surface area contributed by atoms with Gasteiger partial charge in [0.25, 0.3) is 0 Å². The Morgan fingerprint density at radius 2 is 1.77 bits per heavy atom. The van der Waals surface area contributed by atoms with Crippen LogP contribution in [0.25, 0.3) is 0 Å². The van der Waals surface area contributed by atoms with Gasteiger partial charge in [0.1, 0.15) is 23.9 Å². The number of nitrogens with one attached hydrogen (secondary N) is 2. The van der Waals surface area contributed by atoms with Crippen molar-refractivity contribution in [2.24, 2.45) is 5.92 Å². The van der Waals surface area contributed by atoms with Crippen molar-refractivity contribution in [1.29, 1.82) is 15.8 Å². The van der Waals surface area contributed by atoms with Gasteiger partial charge in [-0.1, -0.05) is 25.4 Å². The summed E-state index contributed by atoms with van der Waals surface area (Å²) in [6.45, 7) is 3.52. The predicted molar refractivity (Wildman–Crippen MR) is 82.4 cm³/mol. The van der Waals surface area contributed by atoms with E-state index in [2.05, 4.69) is 10.6 Å². The molecule has 0 heterocycles. The molecule has 6 nitrogen and oxygen atoms in total. The first kappa shape index (κ1) is 17.0. The van der Waals surface area contributed by atoms with Crippen LogP contribution in [0.3, 0.4) is 0 Å². The molecule has 1 aromatic rings. The van der Waals surface area contributed by atoms with Gasteiger partial charge in [-0.3, -0.25) is 4.79 Å². The number of hydrogen-bond donors (Lipinski definition) is 2. The summed E-state index contributed by atoms with van der Waals surface area (Å²) < 4.78 is 0. The summed E-state index contributed by atoms with van der Waals surface area (Å²) in [5.74, 6) is -0.354. The minimum absolute atomic E-state index is 0.167. The Hall–Kier alpha value is -3.01. The molecule has 0 aromatic heterocycles. The van der Waals surface area contributed by atoms with E-state index in [-0.39, 0.29) is 28.1 Å². The van der Waals surface area contributed by atoms with Gasteiger partial charge in [-0.15, -0.1) is 0 Å². The van der Waals surface area contributed by atoms with E-state index in [1.807, 2.05) is 0 Å². The summed E-state index contributed by atoms with van der Waals surface area (Å²) in [5, 5.41) is 32.1. The molecule has 1 rings (SSSR count). The average Bonchev–Trinajstić information content (AvgIpc) is 2.49. The van der Waals surface area contributed by atoms with Gasteiger partial charge in [0.05, 0.1) is 10.7 Å². The van der Waals surface area contributed by atoms with Crippen LogP contribution in [0, 0.1) is 39.9 Å². The summed E-state index contributed by atoms with van der Waals surface area (Å²) in [4.78, 5) is 11.6. The van der Waals surface area contributed by atoms with Crippen molar-refractivity contribution in [2.45, 2.75) is 13.8 Å². The molecule has 0 radical (unpaired) electrons. The molecular weight excluding hydrogens is 302 g/mol. The monoisotopic (exact) mass is 313 g/mol. The lowest BCUT2D eigenvalue weighted by molar-refractivity contribution is -0.118. The molecule has 0 saturated carbocycles. The highest BCUT2D eigenvalue weighted by atomic mass is 35.5. The zero-order valence-electron chi connectivity index (χ0n) is 11.9. The predicted octanol–water partition coefficient (Wildman–Crippen LogP) is 3.17. The molecule has 0 aliphatic rings. The SMILES string of the molecule is CC(C)C(=O)Nc1ccc(NC(C#N)=C(C#N)C#N)cc1Cl. The molecule has 1 aromatic carbocycles. The van der Waals surface area contributed by atoms with E-state index in [9.17, 15) is 4.79 Å². The van der Waals surface area contributed by atoms with E-state index in [0.717, 1.165) is 0 Å². The highest BCUT2D eigenvalue weighted by Gasteiger charge is 2.11. The van der Waals surface area contributed by atoms with Crippen LogP contribution in [0.2, 0.25) is 5.02 Å². The van der Waals surface area contributed by atoms with Gasteiger partial charge in [-0.2, -0.15) is 15.8 Å². The van der Waals surface area contributed by atoms with Crippen LogP contribution in [0.5, 0.6) is 0 Å². The van der Waals surface area contributed by atoms with Crippen LogP contribution >= 0.6 is 11.6 Å². The first-order chi connectivity index (χ1) is 10.4. The summed E-state index contributed by atoms with van der Waals surface area (Å²) in [6, 6.07) is 9.64. The molecule has 0 atom stereocenters. The quantitative estimate of drug-likeness (QED) is 0.829. The molecule has 2 N–H and O–H groups in total. The second kappa shape index (κ2) is 7.69. The standard InChI is InChI=1S/C15H12ClN5O/c1-9(2)15(22)21-13-4-3-11(5-12(13)16)20-14(8-19)10(6-17)7-18/h3-5,9,20H,1-2H3,(H,21,22). The lowest BCUT2D eigenvalue weighted by atomic mass is 10.2. The van der Waals surface area contributed by atoms with Crippen LogP contribution in [0.15, 0.2) is 29.5 Å². The van der Waals surface area contributed by atoms with Crippen molar-refractivity contribution in [3.63, 3.8) is 0 Å². The van der Waals surface area contributed by atoms with Crippen LogP contribution in [-0.2, 0) is 4.79 Å². The van der Waals surface area contributed by atoms with Crippen LogP contribution in [0.4, 0.5) is 11.4 Å². The smallest absolute Gasteiger partial charge is 0.226 e. The Bertz CT molecular complexity index is 731. The third kappa shape index (κ3) is 4.24. The number of hydrogen-bond acceptors (Lipinski definition) is 5. The maximum Gasteiger partial charge on any atom is 0.226 e. The average molecular weight is 314 g/mol. The van der Waals surface area contributed by atoms with E-state index in [0.29, 0.717) is 11.4 Å². The third-order valence-corrected chi connectivity index (χ3v) is 2.92. The van der Waals surface area contributed by atoms with Crippen molar-refractivity contribution in [1.82, 2.24) is 0 Å².